The molecule has 0 aromatic heterocycles. The lowest BCUT2D eigenvalue weighted by Gasteiger charge is -2.45. The molecule has 106 valence electrons. The van der Waals surface area contributed by atoms with Crippen LogP contribution in [0.3, 0.4) is 0 Å². The summed E-state index contributed by atoms with van der Waals surface area (Å²) < 4.78 is 14.0. The third-order valence-electron chi connectivity index (χ3n) is 4.54. The van der Waals surface area contributed by atoms with Gasteiger partial charge in [-0.15, -0.1) is 0 Å². The summed E-state index contributed by atoms with van der Waals surface area (Å²) in [5.74, 6) is -0.0312. The molecule has 1 aliphatic rings. The maximum atomic E-state index is 13.5. The molecule has 1 aromatic carbocycles. The first-order valence-electron chi connectivity index (χ1n) is 6.89. The van der Waals surface area contributed by atoms with Gasteiger partial charge in [-0.05, 0) is 58.2 Å². The molecular formula is C16H22BrFO. The van der Waals surface area contributed by atoms with Crippen LogP contribution in [0.1, 0.15) is 45.6 Å². The number of rotatable bonds is 2. The Bertz CT molecular complexity index is 472. The van der Waals surface area contributed by atoms with E-state index < -0.39 is 5.60 Å². The third-order valence-corrected chi connectivity index (χ3v) is 5.43. The fourth-order valence-electron chi connectivity index (χ4n) is 3.20. The Labute approximate surface area is 123 Å². The van der Waals surface area contributed by atoms with Gasteiger partial charge in [0.05, 0.1) is 10.1 Å². The van der Waals surface area contributed by atoms with Crippen LogP contribution in [0.2, 0.25) is 0 Å². The molecule has 0 bridgehead atoms. The van der Waals surface area contributed by atoms with Crippen LogP contribution in [0.4, 0.5) is 4.39 Å². The Kier molecular flexibility index (Phi) is 4.08. The van der Waals surface area contributed by atoms with E-state index in [0.717, 1.165) is 24.8 Å². The smallest absolute Gasteiger partial charge is 0.137 e. The minimum Gasteiger partial charge on any atom is -0.389 e. The molecule has 0 radical (unpaired) electrons. The SMILES string of the molecule is CC1CC(C)(C)CCC1(O)Cc1cccc(F)c1Br. The van der Waals surface area contributed by atoms with Crippen molar-refractivity contribution in [1.29, 1.82) is 0 Å². The fourth-order valence-corrected chi connectivity index (χ4v) is 3.60. The molecule has 1 aliphatic carbocycles. The Morgan fingerprint density at radius 2 is 2.05 bits per heavy atom. The molecule has 2 atom stereocenters. The van der Waals surface area contributed by atoms with Gasteiger partial charge in [0.2, 0.25) is 0 Å². The largest absolute Gasteiger partial charge is 0.389 e. The number of hydrogen-bond acceptors (Lipinski definition) is 1. The lowest BCUT2D eigenvalue weighted by Crippen LogP contribution is -2.45. The van der Waals surface area contributed by atoms with Gasteiger partial charge in [0, 0.05) is 6.42 Å². The van der Waals surface area contributed by atoms with Crippen molar-refractivity contribution in [3.63, 3.8) is 0 Å². The van der Waals surface area contributed by atoms with E-state index >= 15 is 0 Å². The zero-order chi connectivity index (χ0) is 14.3. The molecule has 1 N–H and O–H groups in total. The van der Waals surface area contributed by atoms with Gasteiger partial charge in [-0.2, -0.15) is 0 Å². The van der Waals surface area contributed by atoms with Gasteiger partial charge in [0.25, 0.3) is 0 Å². The van der Waals surface area contributed by atoms with Crippen LogP contribution < -0.4 is 0 Å². The fraction of sp³-hybridized carbons (Fsp3) is 0.625. The predicted octanol–water partition coefficient (Wildman–Crippen LogP) is 4.71. The first kappa shape index (κ1) is 15.0. The van der Waals surface area contributed by atoms with Crippen molar-refractivity contribution in [2.45, 2.75) is 52.1 Å². The Balaban J connectivity index is 2.20. The van der Waals surface area contributed by atoms with Gasteiger partial charge in [-0.25, -0.2) is 4.39 Å². The van der Waals surface area contributed by atoms with Crippen molar-refractivity contribution in [2.24, 2.45) is 11.3 Å². The van der Waals surface area contributed by atoms with E-state index in [1.807, 2.05) is 6.07 Å². The summed E-state index contributed by atoms with van der Waals surface area (Å²) in [6, 6.07) is 5.03. The minimum absolute atomic E-state index is 0.228. The topological polar surface area (TPSA) is 20.2 Å². The lowest BCUT2D eigenvalue weighted by molar-refractivity contribution is -0.0705. The van der Waals surface area contributed by atoms with Crippen LogP contribution in [0.5, 0.6) is 0 Å². The molecule has 0 spiro atoms. The summed E-state index contributed by atoms with van der Waals surface area (Å²) in [6.07, 6.45) is 3.32. The van der Waals surface area contributed by atoms with E-state index in [2.05, 4.69) is 36.7 Å². The number of halogens is 2. The summed E-state index contributed by atoms with van der Waals surface area (Å²) >= 11 is 3.29. The van der Waals surface area contributed by atoms with Gasteiger partial charge in [-0.3, -0.25) is 0 Å². The molecule has 1 saturated carbocycles. The van der Waals surface area contributed by atoms with Crippen molar-refractivity contribution in [3.8, 4) is 0 Å². The molecule has 0 aliphatic heterocycles. The highest BCUT2D eigenvalue weighted by Crippen LogP contribution is 2.45. The number of benzene rings is 1. The van der Waals surface area contributed by atoms with Gasteiger partial charge < -0.3 is 5.11 Å². The molecule has 0 saturated heterocycles. The molecule has 0 amide bonds. The second-order valence-electron chi connectivity index (χ2n) is 6.76. The molecular weight excluding hydrogens is 307 g/mol. The molecule has 3 heteroatoms. The zero-order valence-electron chi connectivity index (χ0n) is 11.8. The predicted molar refractivity (Wildman–Crippen MR) is 79.5 cm³/mol. The minimum atomic E-state index is -0.716. The summed E-state index contributed by atoms with van der Waals surface area (Å²) in [7, 11) is 0. The van der Waals surface area contributed by atoms with Crippen LogP contribution in [0, 0.1) is 17.2 Å². The second kappa shape index (κ2) is 5.17. The standard InChI is InChI=1S/C16H22BrFO/c1-11-9-15(2,3)7-8-16(11,19)10-12-5-4-6-13(18)14(12)17/h4-6,11,19H,7-10H2,1-3H3. The first-order chi connectivity index (χ1) is 8.73. The van der Waals surface area contributed by atoms with E-state index in [-0.39, 0.29) is 11.7 Å². The van der Waals surface area contributed by atoms with Crippen molar-refractivity contribution in [3.05, 3.63) is 34.1 Å². The molecule has 1 nitrogen and oxygen atoms in total. The maximum Gasteiger partial charge on any atom is 0.137 e. The maximum absolute atomic E-state index is 13.5. The second-order valence-corrected chi connectivity index (χ2v) is 7.56. The third kappa shape index (κ3) is 3.19. The van der Waals surface area contributed by atoms with E-state index in [9.17, 15) is 9.50 Å². The Hall–Kier alpha value is -0.410. The summed E-state index contributed by atoms with van der Waals surface area (Å²) in [4.78, 5) is 0. The van der Waals surface area contributed by atoms with Crippen molar-refractivity contribution < 1.29 is 9.50 Å². The Morgan fingerprint density at radius 3 is 2.68 bits per heavy atom. The number of aliphatic hydroxyl groups is 1. The molecule has 19 heavy (non-hydrogen) atoms. The van der Waals surface area contributed by atoms with Crippen LogP contribution in [0.15, 0.2) is 22.7 Å². The van der Waals surface area contributed by atoms with Gasteiger partial charge >= 0.3 is 0 Å². The Morgan fingerprint density at radius 1 is 1.37 bits per heavy atom. The quantitative estimate of drug-likeness (QED) is 0.833. The van der Waals surface area contributed by atoms with E-state index in [0.29, 0.717) is 16.3 Å². The van der Waals surface area contributed by atoms with Gasteiger partial charge in [0.1, 0.15) is 5.82 Å². The summed E-state index contributed by atoms with van der Waals surface area (Å²) in [5, 5.41) is 10.9. The van der Waals surface area contributed by atoms with E-state index in [4.69, 9.17) is 0 Å². The van der Waals surface area contributed by atoms with Crippen LogP contribution in [-0.2, 0) is 6.42 Å². The van der Waals surface area contributed by atoms with Crippen molar-refractivity contribution in [2.75, 3.05) is 0 Å². The number of hydrogen-bond donors (Lipinski definition) is 1. The normalized spacial score (nSPS) is 30.3. The van der Waals surface area contributed by atoms with Gasteiger partial charge in [0.15, 0.2) is 0 Å². The summed E-state index contributed by atoms with van der Waals surface area (Å²) in [5.41, 5.74) is 0.436. The lowest BCUT2D eigenvalue weighted by atomic mass is 9.64. The molecule has 2 unspecified atom stereocenters. The van der Waals surface area contributed by atoms with Crippen LogP contribution in [-0.4, -0.2) is 10.7 Å². The van der Waals surface area contributed by atoms with E-state index in [1.165, 1.54) is 6.07 Å². The van der Waals surface area contributed by atoms with Gasteiger partial charge in [-0.1, -0.05) is 32.9 Å². The molecule has 1 aromatic rings. The monoisotopic (exact) mass is 328 g/mol. The summed E-state index contributed by atoms with van der Waals surface area (Å²) in [6.45, 7) is 6.61. The van der Waals surface area contributed by atoms with Crippen molar-refractivity contribution in [1.82, 2.24) is 0 Å². The van der Waals surface area contributed by atoms with Crippen LogP contribution >= 0.6 is 15.9 Å². The average Bonchev–Trinajstić information content (AvgIpc) is 2.31. The highest BCUT2D eigenvalue weighted by Gasteiger charge is 2.42. The first-order valence-corrected chi connectivity index (χ1v) is 7.68. The van der Waals surface area contributed by atoms with Crippen LogP contribution in [0.25, 0.3) is 0 Å². The van der Waals surface area contributed by atoms with E-state index in [1.54, 1.807) is 6.07 Å². The van der Waals surface area contributed by atoms with Crippen molar-refractivity contribution >= 4 is 15.9 Å². The zero-order valence-corrected chi connectivity index (χ0v) is 13.4. The molecule has 2 rings (SSSR count). The average molecular weight is 329 g/mol. The highest BCUT2D eigenvalue weighted by atomic mass is 79.9. The highest BCUT2D eigenvalue weighted by molar-refractivity contribution is 9.10. The molecule has 0 heterocycles. The molecule has 1 fully saturated rings.